The van der Waals surface area contributed by atoms with Crippen molar-refractivity contribution in [3.63, 3.8) is 0 Å². The van der Waals surface area contributed by atoms with Crippen LogP contribution in [0.2, 0.25) is 0 Å². The highest BCUT2D eigenvalue weighted by Gasteiger charge is 2.15. The van der Waals surface area contributed by atoms with E-state index in [0.29, 0.717) is 16.6 Å². The van der Waals surface area contributed by atoms with Gasteiger partial charge >= 0.3 is 5.97 Å². The summed E-state index contributed by atoms with van der Waals surface area (Å²) in [7, 11) is 0. The van der Waals surface area contributed by atoms with Crippen molar-refractivity contribution >= 4 is 17.3 Å². The minimum Gasteiger partial charge on any atom is -0.451 e. The molecule has 0 spiro atoms. The number of benzene rings is 1. The molecule has 3 rings (SSSR count). The molecule has 0 fully saturated rings. The Hall–Kier alpha value is -2.47. The fourth-order valence-corrected chi connectivity index (χ4v) is 2.87. The molecular weight excluding hydrogens is 312 g/mol. The van der Waals surface area contributed by atoms with Crippen molar-refractivity contribution in [3.05, 3.63) is 59.1 Å². The second-order valence-electron chi connectivity index (χ2n) is 5.31. The first-order chi connectivity index (χ1) is 11.1. The average molecular weight is 328 g/mol. The molecule has 1 aromatic carbocycles. The number of carbonyl (C=O) groups is 1. The zero-order valence-corrected chi connectivity index (χ0v) is 13.7. The van der Waals surface area contributed by atoms with Crippen LogP contribution in [0.5, 0.6) is 0 Å². The van der Waals surface area contributed by atoms with E-state index >= 15 is 0 Å². The lowest BCUT2D eigenvalue weighted by atomic mass is 10.2. The van der Waals surface area contributed by atoms with Gasteiger partial charge in [0.2, 0.25) is 0 Å². The fourth-order valence-electron chi connectivity index (χ4n) is 1.96. The second-order valence-corrected chi connectivity index (χ2v) is 6.39. The summed E-state index contributed by atoms with van der Waals surface area (Å²) in [5.74, 6) is 0.704. The van der Waals surface area contributed by atoms with Gasteiger partial charge in [-0.1, -0.05) is 49.3 Å². The van der Waals surface area contributed by atoms with E-state index in [0.717, 1.165) is 10.4 Å². The van der Waals surface area contributed by atoms with E-state index in [-0.39, 0.29) is 18.5 Å². The summed E-state index contributed by atoms with van der Waals surface area (Å²) in [5.41, 5.74) is 1.08. The maximum atomic E-state index is 12.1. The van der Waals surface area contributed by atoms with Crippen LogP contribution in [0, 0.1) is 0 Å². The van der Waals surface area contributed by atoms with Gasteiger partial charge in [-0.15, -0.1) is 11.3 Å². The van der Waals surface area contributed by atoms with Crippen LogP contribution < -0.4 is 0 Å². The molecule has 0 unspecified atom stereocenters. The molecule has 23 heavy (non-hydrogen) atoms. The third kappa shape index (κ3) is 3.65. The standard InChI is InChI=1S/C17H16N2O3S/c1-11(2)16-18-15(22-19-16)10-21-17(20)14-9-8-13(23-14)12-6-4-3-5-7-12/h3-9,11H,10H2,1-2H3. The van der Waals surface area contributed by atoms with Gasteiger partial charge in [-0.25, -0.2) is 4.79 Å². The number of rotatable bonds is 5. The monoisotopic (exact) mass is 328 g/mol. The molecule has 118 valence electrons. The van der Waals surface area contributed by atoms with Gasteiger partial charge in [0.25, 0.3) is 5.89 Å². The topological polar surface area (TPSA) is 65.2 Å². The predicted molar refractivity (Wildman–Crippen MR) is 87.3 cm³/mol. The zero-order valence-electron chi connectivity index (χ0n) is 12.9. The van der Waals surface area contributed by atoms with Crippen LogP contribution in [0.1, 0.15) is 41.2 Å². The molecule has 0 atom stereocenters. The van der Waals surface area contributed by atoms with Crippen molar-refractivity contribution in [2.75, 3.05) is 0 Å². The quantitative estimate of drug-likeness (QED) is 0.654. The molecule has 5 nitrogen and oxygen atoms in total. The predicted octanol–water partition coefficient (Wildman–Crippen LogP) is 4.28. The highest BCUT2D eigenvalue weighted by atomic mass is 32.1. The van der Waals surface area contributed by atoms with Gasteiger partial charge in [-0.3, -0.25) is 0 Å². The lowest BCUT2D eigenvalue weighted by molar-refractivity contribution is 0.0435. The Morgan fingerprint density at radius 1 is 1.22 bits per heavy atom. The molecule has 0 saturated carbocycles. The van der Waals surface area contributed by atoms with Gasteiger partial charge < -0.3 is 9.26 Å². The zero-order chi connectivity index (χ0) is 16.2. The normalized spacial score (nSPS) is 10.9. The van der Waals surface area contributed by atoms with Gasteiger partial charge in [0, 0.05) is 10.8 Å². The first-order valence-corrected chi connectivity index (χ1v) is 8.10. The van der Waals surface area contributed by atoms with Crippen LogP contribution in [-0.2, 0) is 11.3 Å². The highest BCUT2D eigenvalue weighted by Crippen LogP contribution is 2.28. The molecule has 0 amide bonds. The first-order valence-electron chi connectivity index (χ1n) is 7.28. The summed E-state index contributed by atoms with van der Waals surface area (Å²) in [6, 6.07) is 13.6. The van der Waals surface area contributed by atoms with Gasteiger partial charge in [-0.05, 0) is 17.7 Å². The second kappa shape index (κ2) is 6.75. The number of esters is 1. The number of thiophene rings is 1. The molecule has 0 aliphatic carbocycles. The smallest absolute Gasteiger partial charge is 0.348 e. The maximum Gasteiger partial charge on any atom is 0.348 e. The van der Waals surface area contributed by atoms with E-state index in [9.17, 15) is 4.79 Å². The fraction of sp³-hybridized carbons (Fsp3) is 0.235. The van der Waals surface area contributed by atoms with Crippen LogP contribution >= 0.6 is 11.3 Å². The van der Waals surface area contributed by atoms with Crippen molar-refractivity contribution in [2.45, 2.75) is 26.4 Å². The van der Waals surface area contributed by atoms with E-state index in [2.05, 4.69) is 10.1 Å². The summed E-state index contributed by atoms with van der Waals surface area (Å²) in [6.45, 7) is 3.92. The van der Waals surface area contributed by atoms with Crippen molar-refractivity contribution in [1.29, 1.82) is 0 Å². The van der Waals surface area contributed by atoms with Gasteiger partial charge in [0.05, 0.1) is 0 Å². The molecule has 0 bridgehead atoms. The van der Waals surface area contributed by atoms with E-state index in [1.54, 1.807) is 6.07 Å². The van der Waals surface area contributed by atoms with E-state index in [1.165, 1.54) is 11.3 Å². The highest BCUT2D eigenvalue weighted by molar-refractivity contribution is 7.17. The molecule has 0 saturated heterocycles. The largest absolute Gasteiger partial charge is 0.451 e. The van der Waals surface area contributed by atoms with E-state index in [1.807, 2.05) is 50.2 Å². The number of nitrogens with zero attached hydrogens (tertiary/aromatic N) is 2. The summed E-state index contributed by atoms with van der Waals surface area (Å²) in [4.78, 5) is 17.9. The number of aromatic nitrogens is 2. The molecule has 6 heteroatoms. The van der Waals surface area contributed by atoms with Gasteiger partial charge in [-0.2, -0.15) is 4.98 Å². The van der Waals surface area contributed by atoms with Crippen molar-refractivity contribution < 1.29 is 14.1 Å². The molecular formula is C17H16N2O3S. The summed E-state index contributed by atoms with van der Waals surface area (Å²) < 4.78 is 10.3. The maximum absolute atomic E-state index is 12.1. The van der Waals surface area contributed by atoms with E-state index < -0.39 is 0 Å². The molecule has 2 aromatic heterocycles. The Morgan fingerprint density at radius 2 is 2.00 bits per heavy atom. The third-order valence-electron chi connectivity index (χ3n) is 3.19. The van der Waals surface area contributed by atoms with Gasteiger partial charge in [0.15, 0.2) is 12.4 Å². The van der Waals surface area contributed by atoms with Crippen LogP contribution in [0.15, 0.2) is 47.0 Å². The summed E-state index contributed by atoms with van der Waals surface area (Å²) >= 11 is 1.40. The number of ether oxygens (including phenoxy) is 1. The average Bonchev–Trinajstić information content (AvgIpc) is 3.23. The van der Waals surface area contributed by atoms with E-state index in [4.69, 9.17) is 9.26 Å². The molecule has 0 N–H and O–H groups in total. The van der Waals surface area contributed by atoms with Crippen LogP contribution in [0.25, 0.3) is 10.4 Å². The van der Waals surface area contributed by atoms with Crippen molar-refractivity contribution in [2.24, 2.45) is 0 Å². The van der Waals surface area contributed by atoms with Crippen LogP contribution in [0.3, 0.4) is 0 Å². The van der Waals surface area contributed by atoms with Gasteiger partial charge in [0.1, 0.15) is 4.88 Å². The Morgan fingerprint density at radius 3 is 2.70 bits per heavy atom. The Labute approximate surface area is 137 Å². The first kappa shape index (κ1) is 15.4. The molecule has 2 heterocycles. The number of hydrogen-bond acceptors (Lipinski definition) is 6. The lowest BCUT2D eigenvalue weighted by Gasteiger charge is -1.99. The Bertz CT molecular complexity index is 793. The molecule has 0 aliphatic heterocycles. The minimum atomic E-state index is -0.388. The number of carbonyl (C=O) groups excluding carboxylic acids is 1. The number of hydrogen-bond donors (Lipinski definition) is 0. The van der Waals surface area contributed by atoms with Crippen molar-refractivity contribution in [1.82, 2.24) is 10.1 Å². The third-order valence-corrected chi connectivity index (χ3v) is 4.31. The minimum absolute atomic E-state index is 0.0167. The molecule has 0 radical (unpaired) electrons. The molecule has 3 aromatic rings. The Balaban J connectivity index is 1.63. The van der Waals surface area contributed by atoms with Crippen LogP contribution in [-0.4, -0.2) is 16.1 Å². The lowest BCUT2D eigenvalue weighted by Crippen LogP contribution is -2.03. The van der Waals surface area contributed by atoms with Crippen molar-refractivity contribution in [3.8, 4) is 10.4 Å². The Kier molecular flexibility index (Phi) is 4.52. The summed E-state index contributed by atoms with van der Waals surface area (Å²) in [5, 5.41) is 3.84. The SMILES string of the molecule is CC(C)c1noc(COC(=O)c2ccc(-c3ccccc3)s2)n1. The molecule has 0 aliphatic rings. The summed E-state index contributed by atoms with van der Waals surface area (Å²) in [6.07, 6.45) is 0. The van der Waals surface area contributed by atoms with Crippen LogP contribution in [0.4, 0.5) is 0 Å².